The van der Waals surface area contributed by atoms with Crippen molar-refractivity contribution in [3.8, 4) is 0 Å². The summed E-state index contributed by atoms with van der Waals surface area (Å²) in [4.78, 5) is 13.8. The third-order valence-electron chi connectivity index (χ3n) is 3.66. The Labute approximate surface area is 120 Å². The van der Waals surface area contributed by atoms with Crippen molar-refractivity contribution >= 4 is 17.7 Å². The standard InChI is InChI=1S/C14H27NO3S/c1-5-18-13(16)14(3,17)10-15(4)11-7-8-12(9-11)19-6-2/h11-12,17H,5-10H2,1-4H3/t11-,12-,14+/m0/s1. The second-order valence-electron chi connectivity index (χ2n) is 5.45. The number of aliphatic hydroxyl groups is 1. The Morgan fingerprint density at radius 1 is 1.47 bits per heavy atom. The van der Waals surface area contributed by atoms with Gasteiger partial charge in [0.15, 0.2) is 5.60 Å². The van der Waals surface area contributed by atoms with E-state index in [2.05, 4.69) is 11.8 Å². The topological polar surface area (TPSA) is 49.8 Å². The number of esters is 1. The van der Waals surface area contributed by atoms with Crippen molar-refractivity contribution in [2.24, 2.45) is 0 Å². The molecule has 19 heavy (non-hydrogen) atoms. The van der Waals surface area contributed by atoms with E-state index >= 15 is 0 Å². The van der Waals surface area contributed by atoms with Gasteiger partial charge in [0.2, 0.25) is 0 Å². The minimum absolute atomic E-state index is 0.303. The lowest BCUT2D eigenvalue weighted by Crippen LogP contribution is -2.49. The van der Waals surface area contributed by atoms with E-state index in [1.807, 2.05) is 18.8 Å². The molecule has 1 saturated carbocycles. The molecule has 1 fully saturated rings. The number of thioether (sulfide) groups is 1. The van der Waals surface area contributed by atoms with Crippen LogP contribution in [0.5, 0.6) is 0 Å². The van der Waals surface area contributed by atoms with E-state index in [1.165, 1.54) is 13.3 Å². The number of hydrogen-bond donors (Lipinski definition) is 1. The molecule has 4 nitrogen and oxygen atoms in total. The molecule has 0 aliphatic heterocycles. The first-order valence-corrected chi connectivity index (χ1v) is 8.17. The summed E-state index contributed by atoms with van der Waals surface area (Å²) in [6, 6.07) is 0.463. The second kappa shape index (κ2) is 7.50. The highest BCUT2D eigenvalue weighted by Crippen LogP contribution is 2.32. The highest BCUT2D eigenvalue weighted by Gasteiger charge is 2.36. The molecule has 0 aromatic heterocycles. The summed E-state index contributed by atoms with van der Waals surface area (Å²) >= 11 is 2.01. The maximum Gasteiger partial charge on any atom is 0.339 e. The lowest BCUT2D eigenvalue weighted by Gasteiger charge is -2.31. The molecule has 0 bridgehead atoms. The van der Waals surface area contributed by atoms with Crippen molar-refractivity contribution in [2.45, 2.75) is 56.9 Å². The van der Waals surface area contributed by atoms with E-state index in [0.29, 0.717) is 19.2 Å². The molecule has 112 valence electrons. The fourth-order valence-corrected chi connectivity index (χ4v) is 3.80. The zero-order chi connectivity index (χ0) is 14.5. The summed E-state index contributed by atoms with van der Waals surface area (Å²) in [6.45, 7) is 6.11. The van der Waals surface area contributed by atoms with Gasteiger partial charge in [-0.15, -0.1) is 0 Å². The quantitative estimate of drug-likeness (QED) is 0.726. The van der Waals surface area contributed by atoms with Crippen LogP contribution in [0.3, 0.4) is 0 Å². The van der Waals surface area contributed by atoms with E-state index in [0.717, 1.165) is 23.8 Å². The summed E-state index contributed by atoms with van der Waals surface area (Å²) in [6.07, 6.45) is 3.52. The highest BCUT2D eigenvalue weighted by atomic mass is 32.2. The van der Waals surface area contributed by atoms with Crippen molar-refractivity contribution in [1.82, 2.24) is 4.90 Å². The molecule has 1 aliphatic carbocycles. The Kier molecular flexibility index (Phi) is 6.63. The molecular weight excluding hydrogens is 262 g/mol. The Bertz CT molecular complexity index is 296. The van der Waals surface area contributed by atoms with Crippen LogP contribution in [-0.4, -0.2) is 58.8 Å². The number of rotatable bonds is 7. The number of ether oxygens (including phenoxy) is 1. The van der Waals surface area contributed by atoms with Crippen molar-refractivity contribution in [2.75, 3.05) is 26.0 Å². The Hall–Kier alpha value is -0.260. The summed E-state index contributed by atoms with van der Waals surface area (Å²) < 4.78 is 4.91. The number of carbonyl (C=O) groups excluding carboxylic acids is 1. The minimum atomic E-state index is -1.42. The first-order valence-electron chi connectivity index (χ1n) is 7.12. The fraction of sp³-hybridized carbons (Fsp3) is 0.929. The number of likely N-dealkylation sites (N-methyl/N-ethyl adjacent to an activating group) is 1. The molecule has 3 atom stereocenters. The normalized spacial score (nSPS) is 26.4. The van der Waals surface area contributed by atoms with Crippen molar-refractivity contribution in [3.05, 3.63) is 0 Å². The molecule has 0 aromatic rings. The van der Waals surface area contributed by atoms with Gasteiger partial charge in [-0.25, -0.2) is 4.79 Å². The molecule has 0 amide bonds. The molecule has 0 spiro atoms. The van der Waals surface area contributed by atoms with Crippen LogP contribution in [0.2, 0.25) is 0 Å². The van der Waals surface area contributed by atoms with E-state index < -0.39 is 11.6 Å². The molecule has 0 saturated heterocycles. The van der Waals surface area contributed by atoms with Gasteiger partial charge in [-0.3, -0.25) is 4.90 Å². The SMILES string of the molecule is CCOC(=O)[C@](C)(O)CN(C)[C@H]1CC[C@H](SCC)C1. The monoisotopic (exact) mass is 289 g/mol. The van der Waals surface area contributed by atoms with Gasteiger partial charge < -0.3 is 9.84 Å². The predicted molar refractivity (Wildman–Crippen MR) is 79.4 cm³/mol. The van der Waals surface area contributed by atoms with E-state index in [-0.39, 0.29) is 0 Å². The maximum absolute atomic E-state index is 11.7. The van der Waals surface area contributed by atoms with Crippen molar-refractivity contribution in [1.29, 1.82) is 0 Å². The van der Waals surface area contributed by atoms with E-state index in [9.17, 15) is 9.90 Å². The van der Waals surface area contributed by atoms with Gasteiger partial charge in [-0.05, 0) is 45.9 Å². The molecule has 1 N–H and O–H groups in total. The predicted octanol–water partition coefficient (Wildman–Crippen LogP) is 1.91. The Balaban J connectivity index is 2.46. The van der Waals surface area contributed by atoms with Crippen LogP contribution in [0.15, 0.2) is 0 Å². The Morgan fingerprint density at radius 3 is 2.74 bits per heavy atom. The van der Waals surface area contributed by atoms with Gasteiger partial charge >= 0.3 is 5.97 Å². The zero-order valence-corrected chi connectivity index (χ0v) is 13.3. The lowest BCUT2D eigenvalue weighted by molar-refractivity contribution is -0.165. The van der Waals surface area contributed by atoms with Crippen LogP contribution < -0.4 is 0 Å². The third-order valence-corrected chi connectivity index (χ3v) is 4.89. The van der Waals surface area contributed by atoms with Crippen LogP contribution in [0, 0.1) is 0 Å². The first-order chi connectivity index (χ1) is 8.90. The number of hydrogen-bond acceptors (Lipinski definition) is 5. The summed E-state index contributed by atoms with van der Waals surface area (Å²) in [5.41, 5.74) is -1.42. The molecule has 1 aliphatic rings. The van der Waals surface area contributed by atoms with Crippen molar-refractivity contribution < 1.29 is 14.6 Å². The third kappa shape index (κ3) is 4.97. The zero-order valence-electron chi connectivity index (χ0n) is 12.5. The maximum atomic E-state index is 11.7. The molecule has 0 heterocycles. The van der Waals surface area contributed by atoms with Gasteiger partial charge in [0.25, 0.3) is 0 Å². The molecule has 5 heteroatoms. The van der Waals surface area contributed by atoms with Crippen LogP contribution in [0.25, 0.3) is 0 Å². The molecule has 0 unspecified atom stereocenters. The minimum Gasteiger partial charge on any atom is -0.464 e. The summed E-state index contributed by atoms with van der Waals surface area (Å²) in [5, 5.41) is 10.9. The average Bonchev–Trinajstić information content (AvgIpc) is 2.78. The van der Waals surface area contributed by atoms with E-state index in [4.69, 9.17) is 4.74 Å². The van der Waals surface area contributed by atoms with Gasteiger partial charge in [0, 0.05) is 17.8 Å². The molecule has 0 radical (unpaired) electrons. The number of nitrogens with zero attached hydrogens (tertiary/aromatic N) is 1. The summed E-state index contributed by atoms with van der Waals surface area (Å²) in [5.74, 6) is 0.626. The fourth-order valence-electron chi connectivity index (χ4n) is 2.67. The van der Waals surface area contributed by atoms with Crippen LogP contribution in [0.4, 0.5) is 0 Å². The van der Waals surface area contributed by atoms with Crippen LogP contribution >= 0.6 is 11.8 Å². The van der Waals surface area contributed by atoms with E-state index in [1.54, 1.807) is 6.92 Å². The van der Waals surface area contributed by atoms with Gasteiger partial charge in [0.1, 0.15) is 0 Å². The smallest absolute Gasteiger partial charge is 0.339 e. The molecule has 0 aromatic carbocycles. The second-order valence-corrected chi connectivity index (χ2v) is 7.03. The van der Waals surface area contributed by atoms with Gasteiger partial charge in [0.05, 0.1) is 6.61 Å². The van der Waals surface area contributed by atoms with Gasteiger partial charge in [-0.2, -0.15) is 11.8 Å². The first kappa shape index (κ1) is 16.8. The van der Waals surface area contributed by atoms with Crippen molar-refractivity contribution in [3.63, 3.8) is 0 Å². The number of carbonyl (C=O) groups is 1. The largest absolute Gasteiger partial charge is 0.464 e. The van der Waals surface area contributed by atoms with Gasteiger partial charge in [-0.1, -0.05) is 6.92 Å². The van der Waals surface area contributed by atoms with Crippen LogP contribution in [0.1, 0.15) is 40.0 Å². The lowest BCUT2D eigenvalue weighted by atomic mass is 10.1. The molecule has 1 rings (SSSR count). The Morgan fingerprint density at radius 2 is 2.16 bits per heavy atom. The highest BCUT2D eigenvalue weighted by molar-refractivity contribution is 7.99. The molecular formula is C14H27NO3S. The average molecular weight is 289 g/mol. The van der Waals surface area contributed by atoms with Crippen LogP contribution in [-0.2, 0) is 9.53 Å². The summed E-state index contributed by atoms with van der Waals surface area (Å²) in [7, 11) is 1.98.